The second-order valence-corrected chi connectivity index (χ2v) is 6.69. The lowest BCUT2D eigenvalue weighted by Crippen LogP contribution is -2.35. The Morgan fingerprint density at radius 3 is 3.08 bits per heavy atom. The number of H-pyrrole nitrogens is 1. The van der Waals surface area contributed by atoms with Crippen LogP contribution in [0.2, 0.25) is 0 Å². The van der Waals surface area contributed by atoms with E-state index in [9.17, 15) is 4.79 Å². The summed E-state index contributed by atoms with van der Waals surface area (Å²) in [6.45, 7) is 2.09. The Kier molecular flexibility index (Phi) is 4.03. The van der Waals surface area contributed by atoms with Gasteiger partial charge in [-0.2, -0.15) is 0 Å². The fourth-order valence-electron chi connectivity index (χ4n) is 2.91. The zero-order chi connectivity index (χ0) is 16.5. The van der Waals surface area contributed by atoms with Crippen LogP contribution in [-0.4, -0.2) is 26.4 Å². The molecule has 0 unspecified atom stereocenters. The summed E-state index contributed by atoms with van der Waals surface area (Å²) in [4.78, 5) is 26.3. The first-order valence-electron chi connectivity index (χ1n) is 7.67. The number of hydrogen-bond donors (Lipinski definition) is 1. The molecule has 1 aliphatic rings. The number of nitrogens with zero attached hydrogens (tertiary/aromatic N) is 3. The lowest BCUT2D eigenvalue weighted by molar-refractivity contribution is 0.222. The highest BCUT2D eigenvalue weighted by Crippen LogP contribution is 2.21. The Hall–Kier alpha value is -2.25. The fraction of sp³-hybridized carbons (Fsp3) is 0.235. The third kappa shape index (κ3) is 3.05. The fourth-order valence-corrected chi connectivity index (χ4v) is 3.26. The number of halogens is 1. The number of furan rings is 1. The number of nitrogens with one attached hydrogen (secondary N) is 1. The molecule has 24 heavy (non-hydrogen) atoms. The molecular weight excluding hydrogens is 372 g/mol. The second kappa shape index (κ2) is 6.33. The molecule has 4 heterocycles. The van der Waals surface area contributed by atoms with E-state index in [1.807, 2.05) is 18.2 Å². The lowest BCUT2D eigenvalue weighted by atomic mass is 10.1. The molecule has 0 bridgehead atoms. The SMILES string of the molecule is O=c1[nH]c(-c2cccnc2)nc2c1CN(Cc1cc(Br)co1)CC2. The standard InChI is InChI=1S/C17H15BrN4O2/c18-12-6-13(24-10-12)8-22-5-3-15-14(9-22)17(23)21-16(20-15)11-2-1-4-19-7-11/h1-2,4,6-7,10H,3,5,8-9H2,(H,20,21,23). The van der Waals surface area contributed by atoms with Gasteiger partial charge in [-0.1, -0.05) is 0 Å². The number of pyridine rings is 1. The summed E-state index contributed by atoms with van der Waals surface area (Å²) >= 11 is 3.38. The minimum Gasteiger partial charge on any atom is -0.467 e. The molecule has 0 spiro atoms. The summed E-state index contributed by atoms with van der Waals surface area (Å²) in [7, 11) is 0. The van der Waals surface area contributed by atoms with Crippen LogP contribution in [0, 0.1) is 0 Å². The summed E-state index contributed by atoms with van der Waals surface area (Å²) in [5, 5.41) is 0. The maximum absolute atomic E-state index is 12.5. The van der Waals surface area contributed by atoms with Crippen molar-refractivity contribution in [3.63, 3.8) is 0 Å². The van der Waals surface area contributed by atoms with Crippen LogP contribution in [0.5, 0.6) is 0 Å². The number of hydrogen-bond acceptors (Lipinski definition) is 5. The highest BCUT2D eigenvalue weighted by molar-refractivity contribution is 9.10. The largest absolute Gasteiger partial charge is 0.467 e. The minimum absolute atomic E-state index is 0.0795. The van der Waals surface area contributed by atoms with Crippen LogP contribution in [0.25, 0.3) is 11.4 Å². The van der Waals surface area contributed by atoms with Gasteiger partial charge in [0.25, 0.3) is 5.56 Å². The van der Waals surface area contributed by atoms with E-state index in [1.54, 1.807) is 18.7 Å². The third-order valence-corrected chi connectivity index (χ3v) is 4.50. The maximum atomic E-state index is 12.5. The van der Waals surface area contributed by atoms with Crippen molar-refractivity contribution in [2.45, 2.75) is 19.5 Å². The van der Waals surface area contributed by atoms with Crippen molar-refractivity contribution in [2.24, 2.45) is 0 Å². The van der Waals surface area contributed by atoms with Gasteiger partial charge in [-0.3, -0.25) is 14.7 Å². The Morgan fingerprint density at radius 2 is 2.33 bits per heavy atom. The van der Waals surface area contributed by atoms with Gasteiger partial charge in [-0.15, -0.1) is 0 Å². The second-order valence-electron chi connectivity index (χ2n) is 5.77. The van der Waals surface area contributed by atoms with Gasteiger partial charge in [0.05, 0.1) is 22.3 Å². The van der Waals surface area contributed by atoms with Crippen molar-refractivity contribution in [1.82, 2.24) is 19.9 Å². The minimum atomic E-state index is -0.0795. The molecule has 0 fully saturated rings. The summed E-state index contributed by atoms with van der Waals surface area (Å²) < 4.78 is 6.39. The molecule has 4 rings (SSSR count). The van der Waals surface area contributed by atoms with E-state index in [0.717, 1.165) is 40.0 Å². The highest BCUT2D eigenvalue weighted by Gasteiger charge is 2.22. The molecule has 3 aromatic rings. The Labute approximate surface area is 146 Å². The molecule has 122 valence electrons. The Bertz CT molecular complexity index is 920. The van der Waals surface area contributed by atoms with E-state index in [4.69, 9.17) is 4.42 Å². The normalized spacial score (nSPS) is 14.5. The first-order chi connectivity index (χ1) is 11.7. The lowest BCUT2D eigenvalue weighted by Gasteiger charge is -2.26. The molecule has 0 saturated heterocycles. The zero-order valence-electron chi connectivity index (χ0n) is 12.8. The smallest absolute Gasteiger partial charge is 0.255 e. The van der Waals surface area contributed by atoms with Gasteiger partial charge in [-0.05, 0) is 34.1 Å². The van der Waals surface area contributed by atoms with Crippen LogP contribution in [0.4, 0.5) is 0 Å². The van der Waals surface area contributed by atoms with Crippen LogP contribution < -0.4 is 5.56 Å². The van der Waals surface area contributed by atoms with Crippen LogP contribution in [0.1, 0.15) is 17.0 Å². The summed E-state index contributed by atoms with van der Waals surface area (Å²) in [5.41, 5.74) is 2.35. The van der Waals surface area contributed by atoms with E-state index < -0.39 is 0 Å². The predicted molar refractivity (Wildman–Crippen MR) is 92.3 cm³/mol. The molecule has 3 aromatic heterocycles. The summed E-state index contributed by atoms with van der Waals surface area (Å²) in [6, 6.07) is 5.67. The predicted octanol–water partition coefficient (Wildman–Crippen LogP) is 2.75. The monoisotopic (exact) mass is 386 g/mol. The van der Waals surface area contributed by atoms with Gasteiger partial charge in [0, 0.05) is 37.5 Å². The summed E-state index contributed by atoms with van der Waals surface area (Å²) in [6.07, 6.45) is 5.82. The van der Waals surface area contributed by atoms with Crippen molar-refractivity contribution in [3.8, 4) is 11.4 Å². The van der Waals surface area contributed by atoms with Crippen LogP contribution >= 0.6 is 15.9 Å². The van der Waals surface area contributed by atoms with Crippen molar-refractivity contribution >= 4 is 15.9 Å². The number of aromatic nitrogens is 3. The number of aromatic amines is 1. The molecule has 7 heteroatoms. The topological polar surface area (TPSA) is 75.0 Å². The number of fused-ring (bicyclic) bond motifs is 1. The average molecular weight is 387 g/mol. The average Bonchev–Trinajstić information content (AvgIpc) is 3.01. The third-order valence-electron chi connectivity index (χ3n) is 4.08. The number of rotatable bonds is 3. The zero-order valence-corrected chi connectivity index (χ0v) is 14.4. The van der Waals surface area contributed by atoms with Crippen molar-refractivity contribution in [3.05, 3.63) is 68.7 Å². The van der Waals surface area contributed by atoms with E-state index >= 15 is 0 Å². The van der Waals surface area contributed by atoms with Gasteiger partial charge >= 0.3 is 0 Å². The van der Waals surface area contributed by atoms with E-state index in [-0.39, 0.29) is 5.56 Å². The van der Waals surface area contributed by atoms with Crippen LogP contribution in [0.3, 0.4) is 0 Å². The Balaban J connectivity index is 1.59. The van der Waals surface area contributed by atoms with Gasteiger partial charge in [0.15, 0.2) is 0 Å². The summed E-state index contributed by atoms with van der Waals surface area (Å²) in [5.74, 6) is 1.46. The van der Waals surface area contributed by atoms with Crippen molar-refractivity contribution in [1.29, 1.82) is 0 Å². The Morgan fingerprint density at radius 1 is 1.42 bits per heavy atom. The molecule has 0 amide bonds. The molecule has 1 N–H and O–H groups in total. The molecule has 1 aliphatic heterocycles. The quantitative estimate of drug-likeness (QED) is 0.748. The molecule has 0 aromatic carbocycles. The van der Waals surface area contributed by atoms with E-state index in [1.165, 1.54) is 0 Å². The molecule has 6 nitrogen and oxygen atoms in total. The maximum Gasteiger partial charge on any atom is 0.255 e. The molecule has 0 atom stereocenters. The molecular formula is C17H15BrN4O2. The van der Waals surface area contributed by atoms with Crippen LogP contribution in [0.15, 0.2) is 50.5 Å². The molecule has 0 saturated carbocycles. The molecule has 0 aliphatic carbocycles. The van der Waals surface area contributed by atoms with Crippen molar-refractivity contribution < 1.29 is 4.42 Å². The molecule has 0 radical (unpaired) electrons. The van der Waals surface area contributed by atoms with E-state index in [2.05, 4.69) is 35.8 Å². The first kappa shape index (κ1) is 15.3. The van der Waals surface area contributed by atoms with Gasteiger partial charge in [-0.25, -0.2) is 4.98 Å². The van der Waals surface area contributed by atoms with Crippen molar-refractivity contribution in [2.75, 3.05) is 6.54 Å². The van der Waals surface area contributed by atoms with Gasteiger partial charge < -0.3 is 9.40 Å². The van der Waals surface area contributed by atoms with Crippen LogP contribution in [-0.2, 0) is 19.5 Å². The van der Waals surface area contributed by atoms with Gasteiger partial charge in [0.1, 0.15) is 17.8 Å². The first-order valence-corrected chi connectivity index (χ1v) is 8.46. The highest BCUT2D eigenvalue weighted by atomic mass is 79.9. The van der Waals surface area contributed by atoms with E-state index in [0.29, 0.717) is 18.9 Å². The van der Waals surface area contributed by atoms with Gasteiger partial charge in [0.2, 0.25) is 0 Å².